The number of amides is 5. The van der Waals surface area contributed by atoms with E-state index >= 15 is 0 Å². The van der Waals surface area contributed by atoms with E-state index in [-0.39, 0.29) is 77.7 Å². The number of ether oxygens (including phenoxy) is 2. The number of methoxy groups -OCH3 is 1. The third kappa shape index (κ3) is 8.35. The Balaban J connectivity index is 1.28. The molecule has 0 radical (unpaired) electrons. The number of hydrogen-bond acceptors (Lipinski definition) is 14. The van der Waals surface area contributed by atoms with Gasteiger partial charge in [0.15, 0.2) is 18.4 Å². The van der Waals surface area contributed by atoms with Crippen LogP contribution in [0.4, 0.5) is 11.9 Å². The molecule has 2 aromatic carbocycles. The monoisotopic (exact) mass is 837 g/mol. The molecule has 318 valence electrons. The summed E-state index contributed by atoms with van der Waals surface area (Å²) in [5.41, 5.74) is 13.6. The van der Waals surface area contributed by atoms with Gasteiger partial charge in [-0.2, -0.15) is 0 Å². The largest absolute Gasteiger partial charge is 0.494 e. The summed E-state index contributed by atoms with van der Waals surface area (Å²) in [7, 11) is 1.42. The lowest BCUT2D eigenvalue weighted by Crippen LogP contribution is -2.54. The van der Waals surface area contributed by atoms with E-state index < -0.39 is 42.2 Å². The second-order valence-corrected chi connectivity index (χ2v) is 14.1. The molecule has 5 heterocycles. The van der Waals surface area contributed by atoms with Gasteiger partial charge < -0.3 is 48.9 Å². The van der Waals surface area contributed by atoms with E-state index in [1.54, 1.807) is 35.1 Å². The smallest absolute Gasteiger partial charge is 0.295 e. The summed E-state index contributed by atoms with van der Waals surface area (Å²) in [6, 6.07) is 5.76. The minimum atomic E-state index is -0.785. The quantitative estimate of drug-likeness (QED) is 0.0877. The predicted octanol–water partition coefficient (Wildman–Crippen LogP) is 2.65. The third-order valence-corrected chi connectivity index (χ3v) is 9.85. The van der Waals surface area contributed by atoms with Gasteiger partial charge in [0.05, 0.1) is 35.6 Å². The average Bonchev–Trinajstić information content (AvgIpc) is 3.98. The molecule has 0 spiro atoms. The number of oxazole rings is 2. The number of hydrogen-bond donors (Lipinski definition) is 5. The summed E-state index contributed by atoms with van der Waals surface area (Å²) >= 11 is 0. The maximum Gasteiger partial charge on any atom is 0.295 e. The highest BCUT2D eigenvalue weighted by Crippen LogP contribution is 2.33. The van der Waals surface area contributed by atoms with Crippen LogP contribution < -0.4 is 31.6 Å². The van der Waals surface area contributed by atoms with E-state index in [1.165, 1.54) is 36.3 Å². The van der Waals surface area contributed by atoms with Gasteiger partial charge in [-0.1, -0.05) is 26.0 Å². The number of aromatic nitrogens is 6. The normalized spacial score (nSPS) is 12.9. The van der Waals surface area contributed by atoms with E-state index in [9.17, 15) is 29.1 Å². The molecule has 21 nitrogen and oxygen atoms in total. The highest BCUT2D eigenvalue weighted by molar-refractivity contribution is 6.05. The first-order valence-corrected chi connectivity index (χ1v) is 19.2. The molecular weight excluding hydrogens is 795 g/mol. The Bertz CT molecular complexity index is 2750. The number of aliphatic hydroxyl groups excluding tert-OH is 1. The van der Waals surface area contributed by atoms with Crippen LogP contribution in [0.15, 0.2) is 45.3 Å². The molecule has 4 aromatic heterocycles. The molecule has 0 bridgehead atoms. The van der Waals surface area contributed by atoms with Crippen molar-refractivity contribution in [1.29, 1.82) is 0 Å². The van der Waals surface area contributed by atoms with Crippen LogP contribution in [0.25, 0.3) is 22.1 Å². The van der Waals surface area contributed by atoms with Gasteiger partial charge in [0.1, 0.15) is 22.5 Å². The van der Waals surface area contributed by atoms with Crippen molar-refractivity contribution in [1.82, 2.24) is 34.0 Å². The first-order valence-electron chi connectivity index (χ1n) is 19.2. The molecule has 0 atom stereocenters. The standard InChI is InChI=1S/C40H43N11O10/c1-6-24-33(60-19(3)43-24)37(56)47-39-45-26-12-21(35(41)54)14-28(58-5)31(26)50(39)10-8-9-11-51-32-27(46-40(51)48-38(57)34-25(7-2)44-20(4)61-34)13-22(36(42)55)15-29(32)59-18-30(53)49-16-23(52)17-49/h8-9,12-15,23,52H,6-7,10-11,16-18H2,1-5H3,(H2,41,54)(H2,42,55)(H,45,47,56)(H,46,48,57). The minimum absolute atomic E-state index is 0.00710. The fourth-order valence-corrected chi connectivity index (χ4v) is 6.90. The summed E-state index contributed by atoms with van der Waals surface area (Å²) in [5.74, 6) is -2.05. The van der Waals surface area contributed by atoms with Crippen molar-refractivity contribution in [3.63, 3.8) is 0 Å². The average molecular weight is 838 g/mol. The topological polar surface area (TPSA) is 291 Å². The van der Waals surface area contributed by atoms with E-state index in [2.05, 4.69) is 30.6 Å². The van der Waals surface area contributed by atoms with E-state index in [0.29, 0.717) is 52.6 Å². The van der Waals surface area contributed by atoms with Crippen molar-refractivity contribution in [2.75, 3.05) is 37.4 Å². The zero-order chi connectivity index (χ0) is 43.7. The number of anilines is 2. The third-order valence-electron chi connectivity index (χ3n) is 9.85. The number of fused-ring (bicyclic) bond motifs is 2. The SMILES string of the molecule is CCc1nc(C)oc1C(=O)Nc1nc2cc(C(N)=O)cc(OC)c2n1CC=CCn1c(NC(=O)c2oc(C)nc2CC)nc2cc(C(N)=O)cc(OCC(=O)N3CC(O)C3)c21. The van der Waals surface area contributed by atoms with Crippen LogP contribution in [0, 0.1) is 13.8 Å². The first-order chi connectivity index (χ1) is 29.2. The van der Waals surface area contributed by atoms with E-state index in [1.807, 2.05) is 13.8 Å². The second kappa shape index (κ2) is 17.0. The Hall–Kier alpha value is -7.55. The van der Waals surface area contributed by atoms with Crippen LogP contribution in [0.5, 0.6) is 11.5 Å². The van der Waals surface area contributed by atoms with Crippen LogP contribution in [0.2, 0.25) is 0 Å². The number of likely N-dealkylation sites (tertiary alicyclic amines) is 1. The number of allylic oxidation sites excluding steroid dienone is 2. The number of carbonyl (C=O) groups is 5. The predicted molar refractivity (Wildman–Crippen MR) is 217 cm³/mol. The number of aliphatic hydroxyl groups is 1. The summed E-state index contributed by atoms with van der Waals surface area (Å²) in [5, 5.41) is 15.3. The van der Waals surface area contributed by atoms with Crippen molar-refractivity contribution in [2.24, 2.45) is 11.5 Å². The van der Waals surface area contributed by atoms with Crippen LogP contribution in [-0.4, -0.2) is 102 Å². The maximum atomic E-state index is 13.7. The minimum Gasteiger partial charge on any atom is -0.494 e. The van der Waals surface area contributed by atoms with E-state index in [4.69, 9.17) is 29.8 Å². The molecule has 21 heteroatoms. The van der Waals surface area contributed by atoms with Crippen molar-refractivity contribution < 1.29 is 47.4 Å². The van der Waals surface area contributed by atoms with Gasteiger partial charge in [0.2, 0.25) is 35.2 Å². The number of rotatable bonds is 16. The molecule has 0 saturated carbocycles. The molecule has 5 amide bonds. The van der Waals surface area contributed by atoms with Crippen molar-refractivity contribution in [2.45, 2.75) is 59.7 Å². The molecule has 0 aliphatic carbocycles. The van der Waals surface area contributed by atoms with Crippen molar-refractivity contribution in [3.05, 3.63) is 82.2 Å². The second-order valence-electron chi connectivity index (χ2n) is 14.1. The number of β-amino-alcohol motifs (C(OH)–C–C–N with tert-alkyl or cyclic N) is 1. The molecule has 7 N–H and O–H groups in total. The number of primary amides is 2. The van der Waals surface area contributed by atoms with Crippen LogP contribution in [0.1, 0.15) is 78.8 Å². The molecule has 61 heavy (non-hydrogen) atoms. The van der Waals surface area contributed by atoms with Gasteiger partial charge in [-0.15, -0.1) is 0 Å². The first kappa shape index (κ1) is 41.6. The summed E-state index contributed by atoms with van der Waals surface area (Å²) in [4.78, 5) is 84.0. The summed E-state index contributed by atoms with van der Waals surface area (Å²) in [6.45, 7) is 6.91. The fraction of sp³-hybridized carbons (Fsp3) is 0.325. The van der Waals surface area contributed by atoms with Crippen molar-refractivity contribution in [3.8, 4) is 11.5 Å². The molecule has 1 saturated heterocycles. The zero-order valence-corrected chi connectivity index (χ0v) is 33.9. The zero-order valence-electron chi connectivity index (χ0n) is 33.9. The Morgan fingerprint density at radius 1 is 0.770 bits per heavy atom. The van der Waals surface area contributed by atoms with E-state index in [0.717, 1.165) is 0 Å². The van der Waals surface area contributed by atoms with Gasteiger partial charge in [-0.25, -0.2) is 19.9 Å². The Labute approximate surface area is 346 Å². The van der Waals surface area contributed by atoms with Crippen LogP contribution in [0.3, 0.4) is 0 Å². The lowest BCUT2D eigenvalue weighted by atomic mass is 10.1. The molecule has 1 fully saturated rings. The number of nitrogens with one attached hydrogen (secondary N) is 2. The molecule has 1 aliphatic rings. The van der Waals surface area contributed by atoms with Gasteiger partial charge >= 0.3 is 0 Å². The maximum absolute atomic E-state index is 13.7. The number of imidazole rings is 2. The van der Waals surface area contributed by atoms with Crippen LogP contribution in [-0.2, 0) is 30.7 Å². The highest BCUT2D eigenvalue weighted by Gasteiger charge is 2.30. The van der Waals surface area contributed by atoms with Crippen molar-refractivity contribution >= 4 is 63.5 Å². The Kier molecular flexibility index (Phi) is 11.6. The molecule has 6 aromatic rings. The van der Waals surface area contributed by atoms with Crippen LogP contribution >= 0.6 is 0 Å². The molecule has 0 unspecified atom stereocenters. The Morgan fingerprint density at radius 2 is 1.23 bits per heavy atom. The fourth-order valence-electron chi connectivity index (χ4n) is 6.90. The summed E-state index contributed by atoms with van der Waals surface area (Å²) in [6.07, 6.45) is 3.72. The number of aryl methyl sites for hydroxylation is 4. The molecule has 1 aliphatic heterocycles. The summed E-state index contributed by atoms with van der Waals surface area (Å²) < 4.78 is 26.1. The lowest BCUT2D eigenvalue weighted by Gasteiger charge is -2.35. The number of nitrogens with zero attached hydrogens (tertiary/aromatic N) is 7. The number of nitrogens with two attached hydrogens (primary N) is 2. The van der Waals surface area contributed by atoms with Gasteiger partial charge in [0.25, 0.3) is 17.7 Å². The highest BCUT2D eigenvalue weighted by atomic mass is 16.5. The van der Waals surface area contributed by atoms with Gasteiger partial charge in [-0.05, 0) is 37.1 Å². The van der Waals surface area contributed by atoms with Gasteiger partial charge in [-0.3, -0.25) is 34.6 Å². The molecular formula is C40H43N11O10. The lowest BCUT2D eigenvalue weighted by molar-refractivity contribution is -0.143. The van der Waals surface area contributed by atoms with Gasteiger partial charge in [0, 0.05) is 51.2 Å². The number of carbonyl (C=O) groups excluding carboxylic acids is 5. The Morgan fingerprint density at radius 3 is 1.66 bits per heavy atom. The molecule has 7 rings (SSSR count). The number of benzene rings is 2.